The van der Waals surface area contributed by atoms with Gasteiger partial charge < -0.3 is 14.4 Å². The molecule has 1 aliphatic carbocycles. The van der Waals surface area contributed by atoms with E-state index in [2.05, 4.69) is 86.4 Å². The minimum atomic E-state index is -0.189. The Bertz CT molecular complexity index is 1020. The number of para-hydroxylation sites is 1. The molecule has 4 nitrogen and oxygen atoms in total. The average Bonchev–Trinajstić information content (AvgIpc) is 2.79. The molecule has 0 fully saturated rings. The Balaban J connectivity index is 1.96. The number of carbonyl (C=O) groups is 2. The third-order valence-corrected chi connectivity index (χ3v) is 6.27. The van der Waals surface area contributed by atoms with E-state index in [0.29, 0.717) is 31.1 Å². The molecule has 0 saturated carbocycles. The molecule has 0 N–H and O–H groups in total. The van der Waals surface area contributed by atoms with Gasteiger partial charge in [0.05, 0.1) is 7.11 Å². The summed E-state index contributed by atoms with van der Waals surface area (Å²) in [5.74, 6) is 0.539. The quantitative estimate of drug-likeness (QED) is 0.349. The maximum absolute atomic E-state index is 11.6. The highest BCUT2D eigenvalue weighted by atomic mass is 16.5. The molecule has 2 unspecified atom stereocenters. The highest BCUT2D eigenvalue weighted by molar-refractivity contribution is 5.74. The van der Waals surface area contributed by atoms with Crippen molar-refractivity contribution in [3.63, 3.8) is 0 Å². The Morgan fingerprint density at radius 3 is 2.56 bits per heavy atom. The molecule has 0 radical (unpaired) electrons. The van der Waals surface area contributed by atoms with E-state index in [4.69, 9.17) is 4.74 Å². The van der Waals surface area contributed by atoms with Gasteiger partial charge in [-0.15, -0.1) is 0 Å². The molecular weight excluding hydrogens is 398 g/mol. The van der Waals surface area contributed by atoms with Crippen molar-refractivity contribution in [2.24, 2.45) is 11.8 Å². The first kappa shape index (κ1) is 23.5. The summed E-state index contributed by atoms with van der Waals surface area (Å²) in [5.41, 5.74) is 6.87. The van der Waals surface area contributed by atoms with Gasteiger partial charge in [0.2, 0.25) is 0 Å². The highest BCUT2D eigenvalue weighted by Gasteiger charge is 2.22. The molecule has 32 heavy (non-hydrogen) atoms. The molecule has 4 heteroatoms. The van der Waals surface area contributed by atoms with Gasteiger partial charge in [-0.1, -0.05) is 43.3 Å². The SMILES string of the molecule is COC(=O)CCc1ccc(N(C2=CC(C)C(CCC=O)C=C2)c2ccccc2C)cc1C. The van der Waals surface area contributed by atoms with Crippen molar-refractivity contribution >= 4 is 23.6 Å². The standard InChI is InChI=1S/C28H33NO3/c1-20-8-5-6-10-27(20)29(25-14-11-23(9-7-17-30)21(2)18-25)26-15-12-24(22(3)19-26)13-16-28(31)32-4/h5-6,8,10-12,14-15,17-19,21,23H,7,9,13,16H2,1-4H3. The summed E-state index contributed by atoms with van der Waals surface area (Å²) in [7, 11) is 1.42. The molecule has 0 aliphatic heterocycles. The summed E-state index contributed by atoms with van der Waals surface area (Å²) in [6, 6.07) is 14.8. The zero-order valence-electron chi connectivity index (χ0n) is 19.5. The summed E-state index contributed by atoms with van der Waals surface area (Å²) in [5, 5.41) is 0. The van der Waals surface area contributed by atoms with Gasteiger partial charge in [0.15, 0.2) is 0 Å². The summed E-state index contributed by atoms with van der Waals surface area (Å²) in [4.78, 5) is 24.7. The van der Waals surface area contributed by atoms with Crippen LogP contribution in [0, 0.1) is 25.7 Å². The third-order valence-electron chi connectivity index (χ3n) is 6.27. The van der Waals surface area contributed by atoms with Crippen LogP contribution in [0.25, 0.3) is 0 Å². The second-order valence-electron chi connectivity index (χ2n) is 8.53. The fourth-order valence-corrected chi connectivity index (χ4v) is 4.29. The second kappa shape index (κ2) is 10.9. The first-order valence-electron chi connectivity index (χ1n) is 11.3. The second-order valence-corrected chi connectivity index (χ2v) is 8.53. The molecule has 0 spiro atoms. The predicted octanol–water partition coefficient (Wildman–Crippen LogP) is 6.23. The molecule has 0 saturated heterocycles. The zero-order valence-corrected chi connectivity index (χ0v) is 19.5. The number of allylic oxidation sites excluding steroid dienone is 3. The molecule has 1 aliphatic rings. The molecule has 2 aromatic carbocycles. The van der Waals surface area contributed by atoms with Gasteiger partial charge in [0, 0.05) is 29.9 Å². The van der Waals surface area contributed by atoms with Crippen LogP contribution < -0.4 is 4.90 Å². The maximum atomic E-state index is 11.6. The smallest absolute Gasteiger partial charge is 0.305 e. The van der Waals surface area contributed by atoms with Crippen LogP contribution in [-0.2, 0) is 20.7 Å². The van der Waals surface area contributed by atoms with Gasteiger partial charge in [-0.25, -0.2) is 0 Å². The van der Waals surface area contributed by atoms with Crippen LogP contribution in [0.4, 0.5) is 11.4 Å². The van der Waals surface area contributed by atoms with Crippen molar-refractivity contribution in [3.8, 4) is 0 Å². The maximum Gasteiger partial charge on any atom is 0.305 e. The van der Waals surface area contributed by atoms with Crippen LogP contribution in [0.3, 0.4) is 0 Å². The van der Waals surface area contributed by atoms with Crippen molar-refractivity contribution in [1.29, 1.82) is 0 Å². The number of benzene rings is 2. The Morgan fingerprint density at radius 1 is 1.12 bits per heavy atom. The number of methoxy groups -OCH3 is 1. The summed E-state index contributed by atoms with van der Waals surface area (Å²) >= 11 is 0. The monoisotopic (exact) mass is 431 g/mol. The van der Waals surface area contributed by atoms with Crippen LogP contribution in [0.15, 0.2) is 66.4 Å². The Kier molecular flexibility index (Phi) is 8.04. The lowest BCUT2D eigenvalue weighted by atomic mass is 9.85. The molecular formula is C28H33NO3. The summed E-state index contributed by atoms with van der Waals surface area (Å²) in [6.07, 6.45) is 10.3. The van der Waals surface area contributed by atoms with Crippen molar-refractivity contribution in [2.75, 3.05) is 12.0 Å². The van der Waals surface area contributed by atoms with Gasteiger partial charge in [0.25, 0.3) is 0 Å². The molecule has 0 heterocycles. The van der Waals surface area contributed by atoms with Crippen LogP contribution >= 0.6 is 0 Å². The van der Waals surface area contributed by atoms with Gasteiger partial charge in [-0.05, 0) is 79.5 Å². The Morgan fingerprint density at radius 2 is 1.91 bits per heavy atom. The normalized spacial score (nSPS) is 17.6. The van der Waals surface area contributed by atoms with Gasteiger partial charge in [0.1, 0.15) is 6.29 Å². The van der Waals surface area contributed by atoms with E-state index in [1.807, 2.05) is 0 Å². The largest absolute Gasteiger partial charge is 0.469 e. The lowest BCUT2D eigenvalue weighted by molar-refractivity contribution is -0.140. The van der Waals surface area contributed by atoms with Crippen molar-refractivity contribution in [1.82, 2.24) is 0 Å². The Labute approximate surface area is 191 Å². The number of aldehydes is 1. The number of hydrogen-bond acceptors (Lipinski definition) is 4. The van der Waals surface area contributed by atoms with Gasteiger partial charge in [-0.2, -0.15) is 0 Å². The number of esters is 1. The first-order chi connectivity index (χ1) is 15.4. The predicted molar refractivity (Wildman–Crippen MR) is 130 cm³/mol. The zero-order chi connectivity index (χ0) is 23.1. The van der Waals surface area contributed by atoms with Crippen LogP contribution in [0.5, 0.6) is 0 Å². The van der Waals surface area contributed by atoms with E-state index < -0.39 is 0 Å². The molecule has 3 rings (SSSR count). The number of rotatable bonds is 9. The number of hydrogen-bond donors (Lipinski definition) is 0. The summed E-state index contributed by atoms with van der Waals surface area (Å²) < 4.78 is 4.79. The molecule has 0 aromatic heterocycles. The van der Waals surface area contributed by atoms with Crippen LogP contribution in [-0.4, -0.2) is 19.4 Å². The van der Waals surface area contributed by atoms with Crippen molar-refractivity contribution in [3.05, 3.63) is 83.1 Å². The molecule has 168 valence electrons. The lowest BCUT2D eigenvalue weighted by Gasteiger charge is -2.32. The molecule has 2 atom stereocenters. The highest BCUT2D eigenvalue weighted by Crippen LogP contribution is 2.37. The fraction of sp³-hybridized carbons (Fsp3) is 0.357. The van der Waals surface area contributed by atoms with Crippen molar-refractivity contribution in [2.45, 2.75) is 46.5 Å². The van der Waals surface area contributed by atoms with Crippen LogP contribution in [0.2, 0.25) is 0 Å². The molecule has 0 amide bonds. The first-order valence-corrected chi connectivity index (χ1v) is 11.3. The molecule has 0 bridgehead atoms. The minimum Gasteiger partial charge on any atom is -0.469 e. The number of nitrogens with zero attached hydrogens (tertiary/aromatic N) is 1. The van der Waals surface area contributed by atoms with E-state index in [1.54, 1.807) is 0 Å². The summed E-state index contributed by atoms with van der Waals surface area (Å²) in [6.45, 7) is 6.44. The lowest BCUT2D eigenvalue weighted by Crippen LogP contribution is -2.21. The van der Waals surface area contributed by atoms with E-state index in [9.17, 15) is 9.59 Å². The average molecular weight is 432 g/mol. The van der Waals surface area contributed by atoms with Gasteiger partial charge in [-0.3, -0.25) is 4.79 Å². The van der Waals surface area contributed by atoms with E-state index in [1.165, 1.54) is 12.7 Å². The minimum absolute atomic E-state index is 0.189. The van der Waals surface area contributed by atoms with E-state index in [0.717, 1.165) is 40.9 Å². The fourth-order valence-electron chi connectivity index (χ4n) is 4.29. The van der Waals surface area contributed by atoms with Crippen molar-refractivity contribution < 1.29 is 14.3 Å². The molecule has 2 aromatic rings. The van der Waals surface area contributed by atoms with Crippen LogP contribution in [0.1, 0.15) is 42.9 Å². The van der Waals surface area contributed by atoms with E-state index >= 15 is 0 Å². The number of aryl methyl sites for hydroxylation is 3. The topological polar surface area (TPSA) is 46.6 Å². The number of ether oxygens (including phenoxy) is 1. The third kappa shape index (κ3) is 5.56. The Hall–Kier alpha value is -3.14. The van der Waals surface area contributed by atoms with E-state index in [-0.39, 0.29) is 5.97 Å². The number of carbonyl (C=O) groups excluding carboxylic acids is 2. The number of anilines is 2. The van der Waals surface area contributed by atoms with Gasteiger partial charge >= 0.3 is 5.97 Å².